The van der Waals surface area contributed by atoms with Crippen molar-refractivity contribution in [3.05, 3.63) is 199 Å². The highest BCUT2D eigenvalue weighted by atomic mass is 15.1. The number of nitrogens with zero attached hydrogens (tertiary/aromatic N) is 7. The van der Waals surface area contributed by atoms with Gasteiger partial charge in [-0.1, -0.05) is 121 Å². The standard InChI is InChI=1S/C53H31N7/c54-32-34-26-28-49(59-45-21-8-4-17-39(45)40-18-5-9-22-46(40)59)44(29-34)53-57-51(38-16-12-15-37(31-38)36-13-2-1-3-14-36)56-52(58-53)43-27-25-35(33-55)30-50(43)60-47-23-10-6-19-41(47)42-20-7-11-24-48(42)60/h1-31H. The Bertz CT molecular complexity index is 3480. The third-order valence-corrected chi connectivity index (χ3v) is 11.2. The molecule has 0 saturated heterocycles. The summed E-state index contributed by atoms with van der Waals surface area (Å²) in [6.07, 6.45) is 0. The molecule has 8 aromatic carbocycles. The predicted molar refractivity (Wildman–Crippen MR) is 240 cm³/mol. The van der Waals surface area contributed by atoms with Gasteiger partial charge in [0.1, 0.15) is 0 Å². The average molecular weight is 766 g/mol. The van der Waals surface area contributed by atoms with Gasteiger partial charge in [-0.3, -0.25) is 0 Å². The van der Waals surface area contributed by atoms with E-state index in [-0.39, 0.29) is 0 Å². The number of hydrogen-bond acceptors (Lipinski definition) is 5. The SMILES string of the molecule is N#Cc1ccc(-n2c3ccccc3c3ccccc32)c(-c2nc(-c3cccc(-c4ccccc4)c3)nc(-c3ccc(C#N)cc3-n3c4ccccc4c4ccccc43)n2)c1. The van der Waals surface area contributed by atoms with Crippen LogP contribution in [0.1, 0.15) is 11.1 Å². The molecule has 3 heterocycles. The van der Waals surface area contributed by atoms with Crippen LogP contribution in [-0.2, 0) is 0 Å². The second-order valence-electron chi connectivity index (χ2n) is 14.7. The summed E-state index contributed by atoms with van der Waals surface area (Å²) in [5.74, 6) is 1.31. The van der Waals surface area contributed by atoms with Gasteiger partial charge in [-0.2, -0.15) is 10.5 Å². The first-order valence-corrected chi connectivity index (χ1v) is 19.6. The quantitative estimate of drug-likeness (QED) is 0.168. The first-order chi connectivity index (χ1) is 29.7. The Hall–Kier alpha value is -8.65. The molecule has 0 fully saturated rings. The monoisotopic (exact) mass is 765 g/mol. The Morgan fingerprint density at radius 2 is 0.783 bits per heavy atom. The lowest BCUT2D eigenvalue weighted by Gasteiger charge is -2.17. The van der Waals surface area contributed by atoms with Crippen LogP contribution in [0.25, 0.3) is 100 Å². The molecule has 278 valence electrons. The maximum absolute atomic E-state index is 10.3. The van der Waals surface area contributed by atoms with Crippen LogP contribution in [0.2, 0.25) is 0 Å². The van der Waals surface area contributed by atoms with Crippen LogP contribution in [0, 0.1) is 22.7 Å². The van der Waals surface area contributed by atoms with E-state index in [1.165, 1.54) is 0 Å². The van der Waals surface area contributed by atoms with Gasteiger partial charge in [-0.25, -0.2) is 15.0 Å². The van der Waals surface area contributed by atoms with Crippen molar-refractivity contribution in [2.45, 2.75) is 0 Å². The zero-order valence-corrected chi connectivity index (χ0v) is 32.0. The van der Waals surface area contributed by atoms with Crippen molar-refractivity contribution in [2.75, 3.05) is 0 Å². The highest BCUT2D eigenvalue weighted by Crippen LogP contribution is 2.39. The molecule has 3 aromatic heterocycles. The smallest absolute Gasteiger partial charge is 0.166 e. The molecule has 7 heteroatoms. The number of para-hydroxylation sites is 4. The van der Waals surface area contributed by atoms with Gasteiger partial charge in [0.15, 0.2) is 17.5 Å². The predicted octanol–water partition coefficient (Wildman–Crippen LogP) is 12.5. The maximum atomic E-state index is 10.3. The van der Waals surface area contributed by atoms with E-state index < -0.39 is 0 Å². The molecule has 0 aliphatic rings. The summed E-state index contributed by atoms with van der Waals surface area (Å²) in [6.45, 7) is 0. The molecular formula is C53H31N7. The summed E-state index contributed by atoms with van der Waals surface area (Å²) in [6, 6.07) is 67.8. The highest BCUT2D eigenvalue weighted by Gasteiger charge is 2.23. The van der Waals surface area contributed by atoms with Crippen molar-refractivity contribution >= 4 is 43.6 Å². The van der Waals surface area contributed by atoms with Gasteiger partial charge < -0.3 is 9.13 Å². The highest BCUT2D eigenvalue weighted by molar-refractivity contribution is 6.11. The van der Waals surface area contributed by atoms with Gasteiger partial charge in [-0.15, -0.1) is 0 Å². The average Bonchev–Trinajstić information content (AvgIpc) is 3.84. The summed E-state index contributed by atoms with van der Waals surface area (Å²) in [4.78, 5) is 15.9. The van der Waals surface area contributed by atoms with Crippen molar-refractivity contribution < 1.29 is 0 Å². The molecule has 7 nitrogen and oxygen atoms in total. The minimum Gasteiger partial charge on any atom is -0.309 e. The summed E-state index contributed by atoms with van der Waals surface area (Å²) in [5, 5.41) is 25.0. The van der Waals surface area contributed by atoms with E-state index in [1.54, 1.807) is 0 Å². The zero-order valence-electron chi connectivity index (χ0n) is 32.0. The van der Waals surface area contributed by atoms with Gasteiger partial charge in [0, 0.05) is 38.2 Å². The minimum atomic E-state index is 0.409. The first-order valence-electron chi connectivity index (χ1n) is 19.6. The second-order valence-corrected chi connectivity index (χ2v) is 14.7. The molecular weight excluding hydrogens is 735 g/mol. The number of hydrogen-bond donors (Lipinski definition) is 0. The number of nitriles is 2. The van der Waals surface area contributed by atoms with Gasteiger partial charge in [0.25, 0.3) is 0 Å². The van der Waals surface area contributed by atoms with Crippen LogP contribution < -0.4 is 0 Å². The minimum absolute atomic E-state index is 0.409. The maximum Gasteiger partial charge on any atom is 0.166 e. The van der Waals surface area contributed by atoms with Crippen LogP contribution in [0.5, 0.6) is 0 Å². The van der Waals surface area contributed by atoms with Gasteiger partial charge in [0.2, 0.25) is 0 Å². The summed E-state index contributed by atoms with van der Waals surface area (Å²) < 4.78 is 4.42. The second kappa shape index (κ2) is 14.1. The molecule has 0 radical (unpaired) electrons. The van der Waals surface area contributed by atoms with Crippen molar-refractivity contribution in [3.8, 4) is 68.8 Å². The van der Waals surface area contributed by atoms with Gasteiger partial charge in [-0.05, 0) is 77.9 Å². The Morgan fingerprint density at radius 1 is 0.333 bits per heavy atom. The van der Waals surface area contributed by atoms with Crippen LogP contribution in [0.4, 0.5) is 0 Å². The molecule has 0 unspecified atom stereocenters. The molecule has 11 aromatic rings. The normalized spacial score (nSPS) is 11.3. The van der Waals surface area contributed by atoms with Gasteiger partial charge >= 0.3 is 0 Å². The molecule has 0 aliphatic heterocycles. The van der Waals surface area contributed by atoms with E-state index in [9.17, 15) is 10.5 Å². The van der Waals surface area contributed by atoms with Crippen LogP contribution >= 0.6 is 0 Å². The van der Waals surface area contributed by atoms with Crippen molar-refractivity contribution in [2.24, 2.45) is 0 Å². The van der Waals surface area contributed by atoms with Gasteiger partial charge in [0.05, 0.1) is 56.7 Å². The Kier molecular flexibility index (Phi) is 8.11. The number of rotatable bonds is 6. The number of fused-ring (bicyclic) bond motifs is 6. The fraction of sp³-hybridized carbons (Fsp3) is 0. The van der Waals surface area contributed by atoms with Crippen LogP contribution in [0.15, 0.2) is 188 Å². The van der Waals surface area contributed by atoms with E-state index in [4.69, 9.17) is 15.0 Å². The molecule has 0 aliphatic carbocycles. The molecule has 0 atom stereocenters. The van der Waals surface area contributed by atoms with E-state index in [0.29, 0.717) is 34.2 Å². The molecule has 0 saturated carbocycles. The van der Waals surface area contributed by atoms with E-state index in [1.807, 2.05) is 103 Å². The number of aromatic nitrogens is 5. The molecule has 0 spiro atoms. The molecule has 0 amide bonds. The largest absolute Gasteiger partial charge is 0.309 e. The zero-order chi connectivity index (χ0) is 40.2. The molecule has 60 heavy (non-hydrogen) atoms. The van der Waals surface area contributed by atoms with E-state index >= 15 is 0 Å². The van der Waals surface area contributed by atoms with E-state index in [0.717, 1.165) is 77.2 Å². The summed E-state index contributed by atoms with van der Waals surface area (Å²) in [5.41, 5.74) is 10.9. The summed E-state index contributed by atoms with van der Waals surface area (Å²) in [7, 11) is 0. The third-order valence-electron chi connectivity index (χ3n) is 11.2. The topological polar surface area (TPSA) is 96.1 Å². The Balaban J connectivity index is 1.22. The lowest BCUT2D eigenvalue weighted by atomic mass is 10.0. The first kappa shape index (κ1) is 34.6. The molecule has 11 rings (SSSR count). The van der Waals surface area contributed by atoms with Crippen molar-refractivity contribution in [1.82, 2.24) is 24.1 Å². The third kappa shape index (κ3) is 5.61. The van der Waals surface area contributed by atoms with Crippen LogP contribution in [0.3, 0.4) is 0 Å². The lowest BCUT2D eigenvalue weighted by molar-refractivity contribution is 1.06. The fourth-order valence-electron chi connectivity index (χ4n) is 8.53. The van der Waals surface area contributed by atoms with Crippen molar-refractivity contribution in [1.29, 1.82) is 10.5 Å². The van der Waals surface area contributed by atoms with E-state index in [2.05, 4.69) is 106 Å². The van der Waals surface area contributed by atoms with Crippen LogP contribution in [-0.4, -0.2) is 24.1 Å². The summed E-state index contributed by atoms with van der Waals surface area (Å²) >= 11 is 0. The molecule has 0 N–H and O–H groups in total. The van der Waals surface area contributed by atoms with Crippen molar-refractivity contribution in [3.63, 3.8) is 0 Å². The Labute approximate surface area is 345 Å². The fourth-order valence-corrected chi connectivity index (χ4v) is 8.53. The molecule has 0 bridgehead atoms. The Morgan fingerprint density at radius 3 is 1.37 bits per heavy atom. The lowest BCUT2D eigenvalue weighted by Crippen LogP contribution is -2.06. The number of benzene rings is 8.